The normalized spacial score (nSPS) is 22.9. The van der Waals surface area contributed by atoms with Gasteiger partial charge in [0.25, 0.3) is 0 Å². The number of aliphatic carboxylic acids is 1. The summed E-state index contributed by atoms with van der Waals surface area (Å²) in [6, 6.07) is 1.72. The zero-order chi connectivity index (χ0) is 11.8. The molecule has 88 valence electrons. The molecule has 0 amide bonds. The highest BCUT2D eigenvalue weighted by Gasteiger charge is 2.49. The standard InChI is InChI=1S/C11H12F2O2S/c12-11(13)4-2-10(3-5-11,9(14)15)8-1-6-16-7-8/h1,6-7H,2-5H2,(H,14,15). The summed E-state index contributed by atoms with van der Waals surface area (Å²) in [6.07, 6.45) is -0.636. The van der Waals surface area contributed by atoms with Gasteiger partial charge in [-0.15, -0.1) is 0 Å². The minimum absolute atomic E-state index is 0.0199. The van der Waals surface area contributed by atoms with E-state index in [9.17, 15) is 18.7 Å². The summed E-state index contributed by atoms with van der Waals surface area (Å²) in [7, 11) is 0. The Morgan fingerprint density at radius 1 is 1.31 bits per heavy atom. The summed E-state index contributed by atoms with van der Waals surface area (Å²) >= 11 is 1.40. The molecule has 1 aliphatic carbocycles. The van der Waals surface area contributed by atoms with Crippen LogP contribution in [0.1, 0.15) is 31.2 Å². The lowest BCUT2D eigenvalue weighted by Gasteiger charge is -2.36. The largest absolute Gasteiger partial charge is 0.481 e. The molecule has 1 saturated carbocycles. The third kappa shape index (κ3) is 1.84. The molecule has 0 aliphatic heterocycles. The average molecular weight is 246 g/mol. The van der Waals surface area contributed by atoms with Gasteiger partial charge in [0.2, 0.25) is 5.92 Å². The van der Waals surface area contributed by atoms with Gasteiger partial charge < -0.3 is 5.11 Å². The first-order valence-corrected chi connectivity index (χ1v) is 6.04. The summed E-state index contributed by atoms with van der Waals surface area (Å²) in [4.78, 5) is 11.3. The zero-order valence-electron chi connectivity index (χ0n) is 8.58. The topological polar surface area (TPSA) is 37.3 Å². The van der Waals surface area contributed by atoms with Gasteiger partial charge in [-0.25, -0.2) is 8.78 Å². The van der Waals surface area contributed by atoms with Crippen molar-refractivity contribution in [3.63, 3.8) is 0 Å². The highest BCUT2D eigenvalue weighted by atomic mass is 32.1. The van der Waals surface area contributed by atoms with E-state index >= 15 is 0 Å². The van der Waals surface area contributed by atoms with Crippen LogP contribution in [0.3, 0.4) is 0 Å². The maximum absolute atomic E-state index is 13.1. The first-order valence-electron chi connectivity index (χ1n) is 5.10. The first kappa shape index (κ1) is 11.5. The van der Waals surface area contributed by atoms with Gasteiger partial charge in [-0.05, 0) is 35.2 Å². The highest BCUT2D eigenvalue weighted by Crippen LogP contribution is 2.46. The summed E-state index contributed by atoms with van der Waals surface area (Å²) in [5, 5.41) is 12.8. The lowest BCUT2D eigenvalue weighted by molar-refractivity contribution is -0.149. The van der Waals surface area contributed by atoms with Gasteiger partial charge in [0, 0.05) is 12.8 Å². The molecule has 2 nitrogen and oxygen atoms in total. The Morgan fingerprint density at radius 2 is 1.94 bits per heavy atom. The van der Waals surface area contributed by atoms with E-state index in [1.807, 2.05) is 0 Å². The molecule has 1 heterocycles. The maximum Gasteiger partial charge on any atom is 0.314 e. The van der Waals surface area contributed by atoms with Gasteiger partial charge in [0.05, 0.1) is 5.41 Å². The van der Waals surface area contributed by atoms with Gasteiger partial charge >= 0.3 is 5.97 Å². The summed E-state index contributed by atoms with van der Waals surface area (Å²) < 4.78 is 26.1. The SMILES string of the molecule is O=C(O)C1(c2ccsc2)CCC(F)(F)CC1. The number of carbonyl (C=O) groups is 1. The van der Waals surface area contributed by atoms with Crippen molar-refractivity contribution in [3.05, 3.63) is 22.4 Å². The molecule has 0 saturated heterocycles. The Labute approximate surface area is 95.9 Å². The quantitative estimate of drug-likeness (QED) is 0.869. The van der Waals surface area contributed by atoms with Gasteiger partial charge in [0.1, 0.15) is 0 Å². The lowest BCUT2D eigenvalue weighted by atomic mass is 9.69. The number of carboxylic acid groups (broad SMARTS) is 1. The minimum Gasteiger partial charge on any atom is -0.481 e. The Morgan fingerprint density at radius 3 is 2.38 bits per heavy atom. The molecule has 0 unspecified atom stereocenters. The Balaban J connectivity index is 2.30. The molecular formula is C11H12F2O2S. The van der Waals surface area contributed by atoms with Crippen LogP contribution in [-0.2, 0) is 10.2 Å². The molecule has 1 N–H and O–H groups in total. The lowest BCUT2D eigenvalue weighted by Crippen LogP contribution is -2.42. The predicted molar refractivity (Wildman–Crippen MR) is 57.0 cm³/mol. The summed E-state index contributed by atoms with van der Waals surface area (Å²) in [6.45, 7) is 0. The predicted octanol–water partition coefficient (Wildman–Crippen LogP) is 3.28. The molecule has 0 atom stereocenters. The van der Waals surface area contributed by atoms with Crippen LogP contribution < -0.4 is 0 Å². The van der Waals surface area contributed by atoms with Crippen molar-refractivity contribution in [1.82, 2.24) is 0 Å². The second-order valence-corrected chi connectivity index (χ2v) is 5.04. The van der Waals surface area contributed by atoms with E-state index in [1.54, 1.807) is 16.8 Å². The first-order chi connectivity index (χ1) is 7.46. The van der Waals surface area contributed by atoms with E-state index in [-0.39, 0.29) is 25.7 Å². The van der Waals surface area contributed by atoms with Crippen molar-refractivity contribution in [2.75, 3.05) is 0 Å². The molecule has 1 aromatic heterocycles. The monoisotopic (exact) mass is 246 g/mol. The minimum atomic E-state index is -2.70. The molecule has 0 radical (unpaired) electrons. The molecule has 0 spiro atoms. The van der Waals surface area contributed by atoms with Gasteiger partial charge in [-0.1, -0.05) is 0 Å². The number of rotatable bonds is 2. The van der Waals surface area contributed by atoms with Crippen LogP contribution in [0.2, 0.25) is 0 Å². The van der Waals surface area contributed by atoms with E-state index < -0.39 is 17.3 Å². The maximum atomic E-state index is 13.1. The van der Waals surface area contributed by atoms with E-state index in [2.05, 4.69) is 0 Å². The third-order valence-electron chi connectivity index (χ3n) is 3.32. The second kappa shape index (κ2) is 3.80. The Bertz CT molecular complexity index is 377. The van der Waals surface area contributed by atoms with Crippen molar-refractivity contribution in [2.24, 2.45) is 0 Å². The van der Waals surface area contributed by atoms with Crippen molar-refractivity contribution < 1.29 is 18.7 Å². The van der Waals surface area contributed by atoms with Crippen molar-refractivity contribution in [2.45, 2.75) is 37.0 Å². The molecule has 1 aromatic rings. The molecule has 2 rings (SSSR count). The fourth-order valence-electron chi connectivity index (χ4n) is 2.21. The summed E-state index contributed by atoms with van der Waals surface area (Å²) in [5.74, 6) is -3.68. The van der Waals surface area contributed by atoms with E-state index in [1.165, 1.54) is 11.3 Å². The second-order valence-electron chi connectivity index (χ2n) is 4.26. The number of halogens is 2. The third-order valence-corrected chi connectivity index (χ3v) is 4.00. The molecule has 1 fully saturated rings. The number of hydrogen-bond acceptors (Lipinski definition) is 2. The molecule has 0 bridgehead atoms. The van der Waals surface area contributed by atoms with Crippen LogP contribution in [0.25, 0.3) is 0 Å². The summed E-state index contributed by atoms with van der Waals surface area (Å²) in [5.41, 5.74) is -0.428. The molecular weight excluding hydrogens is 234 g/mol. The number of hydrogen-bond donors (Lipinski definition) is 1. The smallest absolute Gasteiger partial charge is 0.314 e. The Kier molecular flexibility index (Phi) is 2.74. The van der Waals surface area contributed by atoms with Crippen molar-refractivity contribution in [1.29, 1.82) is 0 Å². The fourth-order valence-corrected chi connectivity index (χ4v) is 2.96. The van der Waals surface area contributed by atoms with Crippen LogP contribution >= 0.6 is 11.3 Å². The number of alkyl halides is 2. The van der Waals surface area contributed by atoms with Gasteiger partial charge in [-0.3, -0.25) is 4.79 Å². The van der Waals surface area contributed by atoms with Crippen LogP contribution in [0.4, 0.5) is 8.78 Å². The average Bonchev–Trinajstić information content (AvgIpc) is 2.71. The highest BCUT2D eigenvalue weighted by molar-refractivity contribution is 7.08. The van der Waals surface area contributed by atoms with Crippen LogP contribution in [0.5, 0.6) is 0 Å². The fraction of sp³-hybridized carbons (Fsp3) is 0.545. The van der Waals surface area contributed by atoms with Gasteiger partial charge in [0.15, 0.2) is 0 Å². The molecule has 5 heteroatoms. The molecule has 0 aromatic carbocycles. The number of thiophene rings is 1. The van der Waals surface area contributed by atoms with Crippen LogP contribution in [-0.4, -0.2) is 17.0 Å². The van der Waals surface area contributed by atoms with Crippen LogP contribution in [0.15, 0.2) is 16.8 Å². The molecule has 16 heavy (non-hydrogen) atoms. The zero-order valence-corrected chi connectivity index (χ0v) is 9.40. The Hall–Kier alpha value is -0.970. The van der Waals surface area contributed by atoms with Crippen LogP contribution in [0, 0.1) is 0 Å². The van der Waals surface area contributed by atoms with E-state index in [4.69, 9.17) is 0 Å². The molecule has 1 aliphatic rings. The van der Waals surface area contributed by atoms with E-state index in [0.29, 0.717) is 5.56 Å². The number of carboxylic acids is 1. The van der Waals surface area contributed by atoms with Crippen molar-refractivity contribution >= 4 is 17.3 Å². The van der Waals surface area contributed by atoms with E-state index in [0.717, 1.165) is 0 Å². The van der Waals surface area contributed by atoms with Crippen molar-refractivity contribution in [3.8, 4) is 0 Å². The van der Waals surface area contributed by atoms with Gasteiger partial charge in [-0.2, -0.15) is 11.3 Å².